The fourth-order valence-corrected chi connectivity index (χ4v) is 3.41. The van der Waals surface area contributed by atoms with Crippen molar-refractivity contribution in [1.82, 2.24) is 19.8 Å². The van der Waals surface area contributed by atoms with Crippen LogP contribution in [0.15, 0.2) is 54.7 Å². The second-order valence-electron chi connectivity index (χ2n) is 7.61. The molecule has 4 rings (SSSR count). The van der Waals surface area contributed by atoms with E-state index in [2.05, 4.69) is 9.97 Å². The first-order valence-corrected chi connectivity index (χ1v) is 10.2. The van der Waals surface area contributed by atoms with Crippen LogP contribution in [0.25, 0.3) is 11.4 Å². The number of benzene rings is 2. The fourth-order valence-electron chi connectivity index (χ4n) is 3.41. The van der Waals surface area contributed by atoms with Gasteiger partial charge in [0.15, 0.2) is 5.82 Å². The zero-order valence-corrected chi connectivity index (χ0v) is 18.2. The van der Waals surface area contributed by atoms with E-state index in [-0.39, 0.29) is 17.7 Å². The van der Waals surface area contributed by atoms with E-state index in [9.17, 15) is 9.59 Å². The molecule has 8 heteroatoms. The van der Waals surface area contributed by atoms with Gasteiger partial charge in [0.1, 0.15) is 17.9 Å². The van der Waals surface area contributed by atoms with Gasteiger partial charge in [0.2, 0.25) is 5.88 Å². The normalized spacial score (nSPS) is 13.1. The summed E-state index contributed by atoms with van der Waals surface area (Å²) in [7, 11) is 5.03. The monoisotopic (exact) mass is 432 g/mol. The Morgan fingerprint density at radius 3 is 2.50 bits per heavy atom. The van der Waals surface area contributed by atoms with Crippen molar-refractivity contribution in [2.45, 2.75) is 6.54 Å². The van der Waals surface area contributed by atoms with Gasteiger partial charge in [0.05, 0.1) is 13.7 Å². The first-order valence-electron chi connectivity index (χ1n) is 10.2. The third kappa shape index (κ3) is 4.39. The Morgan fingerprint density at radius 1 is 1.12 bits per heavy atom. The number of carbonyl (C=O) groups excluding carboxylic acids is 2. The topological polar surface area (TPSA) is 84.9 Å². The molecule has 0 atom stereocenters. The summed E-state index contributed by atoms with van der Waals surface area (Å²) >= 11 is 0. The first kappa shape index (κ1) is 21.3. The van der Waals surface area contributed by atoms with Gasteiger partial charge in [0, 0.05) is 38.0 Å². The van der Waals surface area contributed by atoms with Gasteiger partial charge >= 0.3 is 0 Å². The Morgan fingerprint density at radius 2 is 1.84 bits per heavy atom. The van der Waals surface area contributed by atoms with E-state index in [1.54, 1.807) is 50.4 Å². The van der Waals surface area contributed by atoms with Gasteiger partial charge in [-0.2, -0.15) is 4.98 Å². The quantitative estimate of drug-likeness (QED) is 0.616. The summed E-state index contributed by atoms with van der Waals surface area (Å²) in [5.74, 6) is 1.22. The number of nitrogens with zero attached hydrogens (tertiary/aromatic N) is 4. The number of hydrogen-bond donors (Lipinski definition) is 0. The summed E-state index contributed by atoms with van der Waals surface area (Å²) in [6.45, 7) is 1.23. The molecule has 2 heterocycles. The van der Waals surface area contributed by atoms with Crippen LogP contribution in [-0.4, -0.2) is 65.9 Å². The van der Waals surface area contributed by atoms with Crippen molar-refractivity contribution < 1.29 is 19.1 Å². The molecular formula is C24H24N4O4. The summed E-state index contributed by atoms with van der Waals surface area (Å²) in [6, 6.07) is 14.6. The maximum atomic E-state index is 13.1. The molecule has 3 aromatic rings. The molecule has 0 saturated heterocycles. The van der Waals surface area contributed by atoms with Crippen molar-refractivity contribution in [3.63, 3.8) is 0 Å². The molecular weight excluding hydrogens is 408 g/mol. The van der Waals surface area contributed by atoms with E-state index in [4.69, 9.17) is 9.47 Å². The van der Waals surface area contributed by atoms with Crippen molar-refractivity contribution in [2.75, 3.05) is 34.4 Å². The Balaban J connectivity index is 1.54. The lowest BCUT2D eigenvalue weighted by atomic mass is 10.1. The second-order valence-corrected chi connectivity index (χ2v) is 7.61. The summed E-state index contributed by atoms with van der Waals surface area (Å²) < 4.78 is 11.0. The summed E-state index contributed by atoms with van der Waals surface area (Å²) in [4.78, 5) is 37.3. The molecule has 2 amide bonds. The molecule has 1 aliphatic rings. The predicted octanol–water partition coefficient (Wildman–Crippen LogP) is 2.89. The highest BCUT2D eigenvalue weighted by Gasteiger charge is 2.26. The zero-order chi connectivity index (χ0) is 22.7. The van der Waals surface area contributed by atoms with Gasteiger partial charge in [0.25, 0.3) is 11.8 Å². The van der Waals surface area contributed by atoms with Crippen molar-refractivity contribution in [3.8, 4) is 23.0 Å². The predicted molar refractivity (Wildman–Crippen MR) is 119 cm³/mol. The van der Waals surface area contributed by atoms with Gasteiger partial charge in [-0.05, 0) is 29.8 Å². The van der Waals surface area contributed by atoms with Gasteiger partial charge < -0.3 is 19.3 Å². The third-order valence-corrected chi connectivity index (χ3v) is 5.20. The van der Waals surface area contributed by atoms with Crippen LogP contribution in [0.5, 0.6) is 11.6 Å². The summed E-state index contributed by atoms with van der Waals surface area (Å²) in [5.41, 5.74) is 2.64. The number of carbonyl (C=O) groups is 2. The van der Waals surface area contributed by atoms with Crippen molar-refractivity contribution >= 4 is 11.8 Å². The standard InChI is InChI=1S/C24H24N4O4/c1-27(2)23(29)18-8-6-17(7-9-18)21-25-14-20-22(26-21)32-13-12-28(24(20)30)15-16-4-10-19(31-3)11-5-16/h4-11,14H,12-13,15H2,1-3H3. The number of rotatable bonds is 5. The van der Waals surface area contributed by atoms with Crippen LogP contribution < -0.4 is 9.47 Å². The SMILES string of the molecule is COc1ccc(CN2CCOc3nc(-c4ccc(C(=O)N(C)C)cc4)ncc3C2=O)cc1. The Hall–Kier alpha value is -3.94. The summed E-state index contributed by atoms with van der Waals surface area (Å²) in [6.07, 6.45) is 1.51. The minimum Gasteiger partial charge on any atom is -0.497 e. The van der Waals surface area contributed by atoms with Gasteiger partial charge in [-0.3, -0.25) is 9.59 Å². The van der Waals surface area contributed by atoms with Crippen LogP contribution in [0, 0.1) is 0 Å². The van der Waals surface area contributed by atoms with Gasteiger partial charge in [-0.25, -0.2) is 4.98 Å². The van der Waals surface area contributed by atoms with Crippen LogP contribution in [0.4, 0.5) is 0 Å². The number of fused-ring (bicyclic) bond motifs is 1. The molecule has 0 bridgehead atoms. The van der Waals surface area contributed by atoms with Crippen LogP contribution in [0.2, 0.25) is 0 Å². The molecule has 2 aromatic carbocycles. The van der Waals surface area contributed by atoms with E-state index >= 15 is 0 Å². The zero-order valence-electron chi connectivity index (χ0n) is 18.2. The summed E-state index contributed by atoms with van der Waals surface area (Å²) in [5, 5.41) is 0. The smallest absolute Gasteiger partial charge is 0.261 e. The molecule has 32 heavy (non-hydrogen) atoms. The molecule has 0 fully saturated rings. The van der Waals surface area contributed by atoms with Gasteiger partial charge in [-0.15, -0.1) is 0 Å². The number of aromatic nitrogens is 2. The molecule has 8 nitrogen and oxygen atoms in total. The fraction of sp³-hybridized carbons (Fsp3) is 0.250. The van der Waals surface area contributed by atoms with Crippen LogP contribution >= 0.6 is 0 Å². The average Bonchev–Trinajstić information content (AvgIpc) is 2.97. The molecule has 1 aromatic heterocycles. The van der Waals surface area contributed by atoms with Gasteiger partial charge in [-0.1, -0.05) is 24.3 Å². The minimum absolute atomic E-state index is 0.0784. The van der Waals surface area contributed by atoms with Crippen LogP contribution in [0.1, 0.15) is 26.3 Å². The second kappa shape index (κ2) is 9.05. The number of ether oxygens (including phenoxy) is 2. The van der Waals surface area contributed by atoms with E-state index in [0.29, 0.717) is 36.6 Å². The maximum absolute atomic E-state index is 13.1. The lowest BCUT2D eigenvalue weighted by molar-refractivity contribution is 0.0742. The van der Waals surface area contributed by atoms with Crippen LogP contribution in [0.3, 0.4) is 0 Å². The van der Waals surface area contributed by atoms with Crippen molar-refractivity contribution in [1.29, 1.82) is 0 Å². The molecule has 0 radical (unpaired) electrons. The molecule has 1 aliphatic heterocycles. The van der Waals surface area contributed by atoms with Crippen molar-refractivity contribution in [2.24, 2.45) is 0 Å². The highest BCUT2D eigenvalue weighted by atomic mass is 16.5. The third-order valence-electron chi connectivity index (χ3n) is 5.20. The maximum Gasteiger partial charge on any atom is 0.261 e. The Bertz CT molecular complexity index is 1130. The molecule has 0 N–H and O–H groups in total. The molecule has 0 saturated carbocycles. The Labute approximate surface area is 186 Å². The molecule has 164 valence electrons. The average molecular weight is 432 g/mol. The first-order chi connectivity index (χ1) is 15.5. The molecule has 0 aliphatic carbocycles. The van der Waals surface area contributed by atoms with E-state index in [1.807, 2.05) is 24.3 Å². The Kier molecular flexibility index (Phi) is 6.02. The van der Waals surface area contributed by atoms with E-state index in [1.165, 1.54) is 11.1 Å². The number of hydrogen-bond acceptors (Lipinski definition) is 6. The van der Waals surface area contributed by atoms with Crippen LogP contribution in [-0.2, 0) is 6.54 Å². The lowest BCUT2D eigenvalue weighted by Gasteiger charge is -2.19. The number of amides is 2. The molecule has 0 spiro atoms. The minimum atomic E-state index is -0.174. The largest absolute Gasteiger partial charge is 0.497 e. The van der Waals surface area contributed by atoms with E-state index in [0.717, 1.165) is 16.9 Å². The number of methoxy groups -OCH3 is 1. The van der Waals surface area contributed by atoms with E-state index < -0.39 is 0 Å². The lowest BCUT2D eigenvalue weighted by Crippen LogP contribution is -2.31. The highest BCUT2D eigenvalue weighted by molar-refractivity contribution is 5.97. The van der Waals surface area contributed by atoms with Crippen molar-refractivity contribution in [3.05, 3.63) is 71.4 Å². The molecule has 0 unspecified atom stereocenters. The highest BCUT2D eigenvalue weighted by Crippen LogP contribution is 2.25.